The van der Waals surface area contributed by atoms with Gasteiger partial charge in [0.25, 0.3) is 0 Å². The summed E-state index contributed by atoms with van der Waals surface area (Å²) in [5.74, 6) is -1.16. The first-order valence-electron chi connectivity index (χ1n) is 10.6. The van der Waals surface area contributed by atoms with Gasteiger partial charge in [-0.2, -0.15) is 8.42 Å². The van der Waals surface area contributed by atoms with Gasteiger partial charge in [0.1, 0.15) is 5.84 Å². The molecule has 2 aromatic rings. The SMILES string of the molecule is Br.COc1cc(C(C)(C)C)c(C(=O)CN2Cc3cc(OC)c(OC)c(F)c3C2=N)cc1OS(C)(=O)=O. The van der Waals surface area contributed by atoms with Gasteiger partial charge in [0, 0.05) is 12.1 Å². The molecule has 2 aromatic carbocycles. The van der Waals surface area contributed by atoms with Crippen LogP contribution in [0.5, 0.6) is 23.0 Å². The maximum absolute atomic E-state index is 15.1. The van der Waals surface area contributed by atoms with E-state index in [-0.39, 0.29) is 70.0 Å². The van der Waals surface area contributed by atoms with Crippen LogP contribution in [0, 0.1) is 11.2 Å². The Kier molecular flexibility index (Phi) is 8.67. The summed E-state index contributed by atoms with van der Waals surface area (Å²) in [4.78, 5) is 14.9. The summed E-state index contributed by atoms with van der Waals surface area (Å²) in [5, 5.41) is 8.50. The van der Waals surface area contributed by atoms with Gasteiger partial charge in [-0.15, -0.1) is 17.0 Å². The van der Waals surface area contributed by atoms with Gasteiger partial charge in [0.2, 0.25) is 0 Å². The fourth-order valence-electron chi connectivity index (χ4n) is 4.02. The van der Waals surface area contributed by atoms with Crippen LogP contribution in [0.3, 0.4) is 0 Å². The minimum Gasteiger partial charge on any atom is -0.493 e. The van der Waals surface area contributed by atoms with Gasteiger partial charge in [-0.1, -0.05) is 20.8 Å². The second kappa shape index (κ2) is 10.6. The van der Waals surface area contributed by atoms with E-state index in [4.69, 9.17) is 23.8 Å². The number of rotatable bonds is 8. The average Bonchev–Trinajstić information content (AvgIpc) is 3.06. The minimum absolute atomic E-state index is 0. The van der Waals surface area contributed by atoms with Crippen LogP contribution in [0.25, 0.3) is 0 Å². The molecule has 0 saturated carbocycles. The molecule has 1 heterocycles. The van der Waals surface area contributed by atoms with E-state index in [9.17, 15) is 13.2 Å². The molecule has 1 aliphatic heterocycles. The number of ketones is 1. The van der Waals surface area contributed by atoms with Crippen LogP contribution in [0.1, 0.15) is 47.8 Å². The van der Waals surface area contributed by atoms with Gasteiger partial charge < -0.3 is 23.3 Å². The highest BCUT2D eigenvalue weighted by Gasteiger charge is 2.34. The number of ether oxygens (including phenoxy) is 3. The minimum atomic E-state index is -3.89. The summed E-state index contributed by atoms with van der Waals surface area (Å²) in [6.07, 6.45) is 0.894. The summed E-state index contributed by atoms with van der Waals surface area (Å²) in [5.41, 5.74) is 0.859. The number of carbonyl (C=O) groups is 1. The van der Waals surface area contributed by atoms with Crippen molar-refractivity contribution in [3.63, 3.8) is 0 Å². The van der Waals surface area contributed by atoms with E-state index in [2.05, 4.69) is 0 Å². The lowest BCUT2D eigenvalue weighted by atomic mass is 9.82. The molecule has 0 fully saturated rings. The van der Waals surface area contributed by atoms with Crippen molar-refractivity contribution in [1.82, 2.24) is 4.90 Å². The van der Waals surface area contributed by atoms with Crippen LogP contribution < -0.4 is 18.4 Å². The molecule has 0 bridgehead atoms. The third-order valence-electron chi connectivity index (χ3n) is 5.60. The maximum atomic E-state index is 15.1. The highest BCUT2D eigenvalue weighted by molar-refractivity contribution is 8.93. The Bertz CT molecular complexity index is 1310. The summed E-state index contributed by atoms with van der Waals surface area (Å²) in [6.45, 7) is 5.57. The zero-order valence-corrected chi connectivity index (χ0v) is 23.7. The zero-order valence-electron chi connectivity index (χ0n) is 21.1. The monoisotopic (exact) mass is 588 g/mol. The van der Waals surface area contributed by atoms with Crippen molar-refractivity contribution in [2.45, 2.75) is 32.7 Å². The lowest BCUT2D eigenvalue weighted by Crippen LogP contribution is -2.32. The zero-order chi connectivity index (χ0) is 26.3. The molecule has 12 heteroatoms. The third kappa shape index (κ3) is 5.75. The van der Waals surface area contributed by atoms with Crippen molar-refractivity contribution in [1.29, 1.82) is 5.41 Å². The van der Waals surface area contributed by atoms with Crippen molar-refractivity contribution in [3.05, 3.63) is 46.3 Å². The highest BCUT2D eigenvalue weighted by Crippen LogP contribution is 2.40. The predicted octanol–water partition coefficient (Wildman–Crippen LogP) is 4.09. The fraction of sp³-hybridized carbons (Fsp3) is 0.417. The molecule has 1 aliphatic rings. The number of Topliss-reactive ketones (excluding diaryl/α,β-unsaturated/α-hetero) is 1. The van der Waals surface area contributed by atoms with Crippen LogP contribution in [0.4, 0.5) is 4.39 Å². The van der Waals surface area contributed by atoms with Gasteiger partial charge in [-0.05, 0) is 34.7 Å². The smallest absolute Gasteiger partial charge is 0.306 e. The van der Waals surface area contributed by atoms with Crippen LogP contribution in [-0.4, -0.2) is 59.1 Å². The van der Waals surface area contributed by atoms with Crippen LogP contribution in [0.2, 0.25) is 0 Å². The fourth-order valence-corrected chi connectivity index (χ4v) is 4.47. The quantitative estimate of drug-likeness (QED) is 0.362. The molecular formula is C24H30BrFN2O7S. The van der Waals surface area contributed by atoms with Gasteiger partial charge in [-0.25, -0.2) is 4.39 Å². The second-order valence-corrected chi connectivity index (χ2v) is 10.7. The predicted molar refractivity (Wildman–Crippen MR) is 139 cm³/mol. The van der Waals surface area contributed by atoms with Gasteiger partial charge in [-0.3, -0.25) is 10.2 Å². The number of carbonyl (C=O) groups excluding carboxylic acids is 1. The first kappa shape index (κ1) is 29.4. The Hall–Kier alpha value is -2.86. The number of benzene rings is 2. The molecule has 9 nitrogen and oxygen atoms in total. The molecule has 3 rings (SSSR count). The molecule has 0 aliphatic carbocycles. The summed E-state index contributed by atoms with van der Waals surface area (Å²) < 4.78 is 59.2. The number of amidine groups is 1. The maximum Gasteiger partial charge on any atom is 0.306 e. The number of methoxy groups -OCH3 is 3. The largest absolute Gasteiger partial charge is 0.493 e. The van der Waals surface area contributed by atoms with Crippen molar-refractivity contribution in [2.75, 3.05) is 34.1 Å². The molecule has 0 radical (unpaired) electrons. The van der Waals surface area contributed by atoms with Gasteiger partial charge in [0.15, 0.2) is 34.6 Å². The molecule has 0 spiro atoms. The summed E-state index contributed by atoms with van der Waals surface area (Å²) >= 11 is 0. The first-order chi connectivity index (χ1) is 16.2. The van der Waals surface area contributed by atoms with Crippen molar-refractivity contribution < 1.29 is 36.0 Å². The molecule has 0 saturated heterocycles. The Morgan fingerprint density at radius 1 is 1.06 bits per heavy atom. The van der Waals surface area contributed by atoms with E-state index >= 15 is 4.39 Å². The number of halogens is 2. The van der Waals surface area contributed by atoms with Gasteiger partial charge in [0.05, 0.1) is 39.7 Å². The molecule has 198 valence electrons. The number of nitrogens with one attached hydrogen (secondary N) is 1. The highest BCUT2D eigenvalue weighted by atomic mass is 79.9. The van der Waals surface area contributed by atoms with Crippen LogP contribution in [-0.2, 0) is 22.1 Å². The molecule has 0 aromatic heterocycles. The normalized spacial score (nSPS) is 13.1. The first-order valence-corrected chi connectivity index (χ1v) is 12.5. The van der Waals surface area contributed by atoms with E-state index in [0.29, 0.717) is 11.1 Å². The third-order valence-corrected chi connectivity index (χ3v) is 6.08. The standard InChI is InChI=1S/C24H29FN2O7S.BrH/c1-24(2,3)15-10-17(31-4)18(34-35(7,29)30)9-14(15)16(28)12-27-11-13-8-19(32-5)22(33-6)21(25)20(13)23(27)26;/h8-10,26H,11-12H2,1-7H3;1H. The topological polar surface area (TPSA) is 115 Å². The van der Waals surface area contributed by atoms with Crippen LogP contribution >= 0.6 is 17.0 Å². The van der Waals surface area contributed by atoms with Crippen LogP contribution in [0.15, 0.2) is 18.2 Å². The van der Waals surface area contributed by atoms with E-state index < -0.39 is 27.1 Å². The number of hydrogen-bond acceptors (Lipinski definition) is 8. The lowest BCUT2D eigenvalue weighted by molar-refractivity contribution is 0.0960. The Balaban J connectivity index is 0.00000456. The van der Waals surface area contributed by atoms with Crippen molar-refractivity contribution >= 4 is 38.7 Å². The van der Waals surface area contributed by atoms with E-state index in [1.807, 2.05) is 20.8 Å². The lowest BCUT2D eigenvalue weighted by Gasteiger charge is -2.25. The molecule has 1 N–H and O–H groups in total. The molecular weight excluding hydrogens is 559 g/mol. The summed E-state index contributed by atoms with van der Waals surface area (Å²) in [6, 6.07) is 4.50. The van der Waals surface area contributed by atoms with Crippen molar-refractivity contribution in [2.24, 2.45) is 0 Å². The number of nitrogens with zero attached hydrogens (tertiary/aromatic N) is 1. The van der Waals surface area contributed by atoms with E-state index in [1.165, 1.54) is 32.3 Å². The number of hydrogen-bond donors (Lipinski definition) is 1. The van der Waals surface area contributed by atoms with Gasteiger partial charge >= 0.3 is 10.1 Å². The Morgan fingerprint density at radius 2 is 1.67 bits per heavy atom. The molecule has 0 unspecified atom stereocenters. The summed E-state index contributed by atoms with van der Waals surface area (Å²) in [7, 11) is 0.181. The number of fused-ring (bicyclic) bond motifs is 1. The van der Waals surface area contributed by atoms with Crippen molar-refractivity contribution in [3.8, 4) is 23.0 Å². The second-order valence-electron chi connectivity index (χ2n) is 9.17. The average molecular weight is 589 g/mol. The van der Waals surface area contributed by atoms with E-state index in [1.54, 1.807) is 12.1 Å². The Morgan fingerprint density at radius 3 is 2.17 bits per heavy atom. The molecule has 0 amide bonds. The molecule has 0 atom stereocenters. The Labute approximate surface area is 220 Å². The molecule has 36 heavy (non-hydrogen) atoms. The van der Waals surface area contributed by atoms with E-state index in [0.717, 1.165) is 6.26 Å².